The first kappa shape index (κ1) is 15.2. The third-order valence-corrected chi connectivity index (χ3v) is 4.49. The van der Waals surface area contributed by atoms with Crippen LogP contribution in [0.25, 0.3) is 10.1 Å². The Hall–Kier alpha value is -2.74. The van der Waals surface area contributed by atoms with Gasteiger partial charge in [-0.05, 0) is 26.0 Å². The number of thiophene rings is 1. The van der Waals surface area contributed by atoms with Crippen LogP contribution in [0.2, 0.25) is 0 Å². The van der Waals surface area contributed by atoms with E-state index in [1.165, 1.54) is 23.5 Å². The van der Waals surface area contributed by atoms with Crippen LogP contribution in [-0.4, -0.2) is 20.6 Å². The molecule has 7 nitrogen and oxygen atoms in total. The van der Waals surface area contributed by atoms with Crippen LogP contribution in [0.4, 0.5) is 11.5 Å². The van der Waals surface area contributed by atoms with E-state index in [9.17, 15) is 14.9 Å². The lowest BCUT2D eigenvalue weighted by Gasteiger charge is -2.05. The van der Waals surface area contributed by atoms with Gasteiger partial charge in [-0.15, -0.1) is 11.3 Å². The molecule has 3 aromatic rings. The molecule has 0 aliphatic carbocycles. The average molecular weight is 330 g/mol. The van der Waals surface area contributed by atoms with E-state index in [0.29, 0.717) is 22.6 Å². The number of nitrogens with zero attached hydrogens (tertiary/aromatic N) is 3. The van der Waals surface area contributed by atoms with E-state index in [4.69, 9.17) is 0 Å². The standard InChI is InChI=1S/C15H14N4O3S/c1-3-18-14(6-9(2)17-18)16-15(20)13-8-10-7-11(19(21)22)4-5-12(10)23-13/h4-8H,3H2,1-2H3,(H,16,20). The summed E-state index contributed by atoms with van der Waals surface area (Å²) >= 11 is 1.30. The van der Waals surface area contributed by atoms with Gasteiger partial charge in [0.05, 0.1) is 15.5 Å². The quantitative estimate of drug-likeness (QED) is 0.584. The number of hydrogen-bond donors (Lipinski definition) is 1. The fourth-order valence-corrected chi connectivity index (χ4v) is 3.26. The molecule has 23 heavy (non-hydrogen) atoms. The van der Waals surface area contributed by atoms with E-state index in [1.54, 1.807) is 22.9 Å². The smallest absolute Gasteiger partial charge is 0.270 e. The minimum absolute atomic E-state index is 0.0157. The van der Waals surface area contributed by atoms with Crippen molar-refractivity contribution in [3.63, 3.8) is 0 Å². The Labute approximate surface area is 135 Å². The maximum Gasteiger partial charge on any atom is 0.270 e. The number of hydrogen-bond acceptors (Lipinski definition) is 5. The Kier molecular flexibility index (Phi) is 3.83. The van der Waals surface area contributed by atoms with E-state index in [1.807, 2.05) is 13.8 Å². The molecule has 2 aromatic heterocycles. The van der Waals surface area contributed by atoms with Crippen LogP contribution in [0.15, 0.2) is 30.3 Å². The van der Waals surface area contributed by atoms with Gasteiger partial charge in [0.2, 0.25) is 0 Å². The molecule has 1 amide bonds. The van der Waals surface area contributed by atoms with Crippen molar-refractivity contribution in [2.24, 2.45) is 0 Å². The van der Waals surface area contributed by atoms with Gasteiger partial charge in [0.25, 0.3) is 11.6 Å². The lowest BCUT2D eigenvalue weighted by atomic mass is 10.2. The zero-order valence-electron chi connectivity index (χ0n) is 12.6. The zero-order chi connectivity index (χ0) is 16.6. The topological polar surface area (TPSA) is 90.1 Å². The van der Waals surface area contributed by atoms with Crippen molar-refractivity contribution in [2.45, 2.75) is 20.4 Å². The first-order chi connectivity index (χ1) is 11.0. The predicted octanol–water partition coefficient (Wildman–Crippen LogP) is 3.59. The zero-order valence-corrected chi connectivity index (χ0v) is 13.4. The number of nitrogens with one attached hydrogen (secondary N) is 1. The van der Waals surface area contributed by atoms with Crippen molar-refractivity contribution < 1.29 is 9.72 Å². The molecule has 0 saturated carbocycles. The highest BCUT2D eigenvalue weighted by Crippen LogP contribution is 2.29. The van der Waals surface area contributed by atoms with E-state index in [0.717, 1.165) is 10.4 Å². The number of anilines is 1. The van der Waals surface area contributed by atoms with Gasteiger partial charge >= 0.3 is 0 Å². The number of nitro benzene ring substituents is 1. The number of fused-ring (bicyclic) bond motifs is 1. The van der Waals surface area contributed by atoms with Crippen molar-refractivity contribution >= 4 is 38.8 Å². The molecule has 0 bridgehead atoms. The molecule has 118 valence electrons. The van der Waals surface area contributed by atoms with E-state index in [2.05, 4.69) is 10.4 Å². The van der Waals surface area contributed by atoms with Crippen molar-refractivity contribution in [3.05, 3.63) is 51.0 Å². The molecule has 0 saturated heterocycles. The van der Waals surface area contributed by atoms with Crippen LogP contribution >= 0.6 is 11.3 Å². The second-order valence-electron chi connectivity index (χ2n) is 5.03. The van der Waals surface area contributed by atoms with Gasteiger partial charge in [-0.2, -0.15) is 5.10 Å². The molecular weight excluding hydrogens is 316 g/mol. The van der Waals surface area contributed by atoms with E-state index >= 15 is 0 Å². The van der Waals surface area contributed by atoms with Crippen LogP contribution in [0.5, 0.6) is 0 Å². The van der Waals surface area contributed by atoms with Crippen molar-refractivity contribution in [3.8, 4) is 0 Å². The van der Waals surface area contributed by atoms with Crippen molar-refractivity contribution in [2.75, 3.05) is 5.32 Å². The van der Waals surface area contributed by atoms with Crippen LogP contribution in [0, 0.1) is 17.0 Å². The van der Waals surface area contributed by atoms with Crippen molar-refractivity contribution in [1.82, 2.24) is 9.78 Å². The van der Waals surface area contributed by atoms with Gasteiger partial charge in [-0.1, -0.05) is 0 Å². The molecule has 8 heteroatoms. The highest BCUT2D eigenvalue weighted by molar-refractivity contribution is 7.20. The average Bonchev–Trinajstić information content (AvgIpc) is 3.09. The van der Waals surface area contributed by atoms with Gasteiger partial charge in [0, 0.05) is 34.8 Å². The monoisotopic (exact) mass is 330 g/mol. The third kappa shape index (κ3) is 2.93. The summed E-state index contributed by atoms with van der Waals surface area (Å²) in [5.74, 6) is 0.391. The molecule has 2 heterocycles. The van der Waals surface area contributed by atoms with Crippen LogP contribution < -0.4 is 5.32 Å². The molecule has 0 aliphatic heterocycles. The van der Waals surface area contributed by atoms with Gasteiger partial charge in [-0.3, -0.25) is 14.9 Å². The van der Waals surface area contributed by atoms with Crippen molar-refractivity contribution in [1.29, 1.82) is 0 Å². The number of amides is 1. The number of aromatic nitrogens is 2. The molecule has 1 aromatic carbocycles. The number of carbonyl (C=O) groups is 1. The Bertz CT molecular complexity index is 913. The summed E-state index contributed by atoms with van der Waals surface area (Å²) in [5.41, 5.74) is 0.844. The Balaban J connectivity index is 1.90. The highest BCUT2D eigenvalue weighted by Gasteiger charge is 2.15. The summed E-state index contributed by atoms with van der Waals surface area (Å²) < 4.78 is 2.55. The molecule has 0 radical (unpaired) electrons. The summed E-state index contributed by atoms with van der Waals surface area (Å²) in [6, 6.07) is 8.05. The van der Waals surface area contributed by atoms with Crippen LogP contribution in [0.1, 0.15) is 22.3 Å². The lowest BCUT2D eigenvalue weighted by molar-refractivity contribution is -0.384. The Morgan fingerprint density at radius 2 is 2.17 bits per heavy atom. The van der Waals surface area contributed by atoms with Gasteiger partial charge in [-0.25, -0.2) is 4.68 Å². The SMILES string of the molecule is CCn1nc(C)cc1NC(=O)c1cc2cc([N+](=O)[O-])ccc2s1. The number of carbonyl (C=O) groups excluding carboxylic acids is 1. The predicted molar refractivity (Wildman–Crippen MR) is 89.1 cm³/mol. The first-order valence-electron chi connectivity index (χ1n) is 7.01. The number of non-ortho nitro benzene ring substituents is 1. The minimum Gasteiger partial charge on any atom is -0.306 e. The summed E-state index contributed by atoms with van der Waals surface area (Å²) in [5, 5.41) is 18.6. The summed E-state index contributed by atoms with van der Waals surface area (Å²) in [7, 11) is 0. The molecule has 0 fully saturated rings. The summed E-state index contributed by atoms with van der Waals surface area (Å²) in [6.07, 6.45) is 0. The van der Waals surface area contributed by atoms with Crippen LogP contribution in [-0.2, 0) is 6.54 Å². The first-order valence-corrected chi connectivity index (χ1v) is 7.83. The number of benzene rings is 1. The molecule has 0 atom stereocenters. The van der Waals surface area contributed by atoms with Gasteiger partial charge < -0.3 is 5.32 Å². The minimum atomic E-state index is -0.445. The number of aryl methyl sites for hydroxylation is 2. The third-order valence-electron chi connectivity index (χ3n) is 3.38. The van der Waals surface area contributed by atoms with Gasteiger partial charge in [0.1, 0.15) is 5.82 Å². The summed E-state index contributed by atoms with van der Waals surface area (Å²) in [4.78, 5) is 23.3. The second-order valence-corrected chi connectivity index (χ2v) is 6.11. The largest absolute Gasteiger partial charge is 0.306 e. The molecular formula is C15H14N4O3S. The summed E-state index contributed by atoms with van der Waals surface area (Å²) in [6.45, 7) is 4.46. The van der Waals surface area contributed by atoms with E-state index in [-0.39, 0.29) is 11.6 Å². The highest BCUT2D eigenvalue weighted by atomic mass is 32.1. The normalized spacial score (nSPS) is 10.9. The number of nitro groups is 1. The fraction of sp³-hybridized carbons (Fsp3) is 0.200. The number of rotatable bonds is 4. The van der Waals surface area contributed by atoms with E-state index < -0.39 is 4.92 Å². The molecule has 1 N–H and O–H groups in total. The Morgan fingerprint density at radius 1 is 1.39 bits per heavy atom. The fourth-order valence-electron chi connectivity index (χ4n) is 2.32. The molecule has 0 aliphatic rings. The lowest BCUT2D eigenvalue weighted by Crippen LogP contribution is -2.14. The molecule has 3 rings (SSSR count). The maximum atomic E-state index is 12.4. The molecule has 0 spiro atoms. The molecule has 0 unspecified atom stereocenters. The second kappa shape index (κ2) is 5.81. The van der Waals surface area contributed by atoms with Gasteiger partial charge in [0.15, 0.2) is 0 Å². The van der Waals surface area contributed by atoms with Crippen LogP contribution in [0.3, 0.4) is 0 Å². The maximum absolute atomic E-state index is 12.4. The Morgan fingerprint density at radius 3 is 2.87 bits per heavy atom.